The highest BCUT2D eigenvalue weighted by molar-refractivity contribution is 5.97. The highest BCUT2D eigenvalue weighted by Crippen LogP contribution is 2.28. The highest BCUT2D eigenvalue weighted by Gasteiger charge is 2.44. The molecule has 2 heterocycles. The van der Waals surface area contributed by atoms with Crippen LogP contribution in [-0.4, -0.2) is 35.6 Å². The Bertz CT molecular complexity index is 625. The summed E-state index contributed by atoms with van der Waals surface area (Å²) in [6, 6.07) is 5.59. The van der Waals surface area contributed by atoms with E-state index in [0.29, 0.717) is 19.8 Å². The van der Waals surface area contributed by atoms with Crippen LogP contribution in [-0.2, 0) is 9.53 Å². The van der Waals surface area contributed by atoms with E-state index in [-0.39, 0.29) is 5.91 Å². The Labute approximate surface area is 110 Å². The maximum absolute atomic E-state index is 12.2. The van der Waals surface area contributed by atoms with Gasteiger partial charge in [-0.05, 0) is 25.1 Å². The van der Waals surface area contributed by atoms with E-state index in [9.17, 15) is 4.79 Å². The molecule has 100 valence electrons. The number of imidazole rings is 1. The molecule has 6 nitrogen and oxygen atoms in total. The predicted octanol–water partition coefficient (Wildman–Crippen LogP) is 0.785. The van der Waals surface area contributed by atoms with Gasteiger partial charge >= 0.3 is 0 Å². The summed E-state index contributed by atoms with van der Waals surface area (Å²) in [4.78, 5) is 19.7. The van der Waals surface area contributed by atoms with Gasteiger partial charge in [0.2, 0.25) is 5.91 Å². The lowest BCUT2D eigenvalue weighted by Crippen LogP contribution is -2.56. The number of ether oxygens (including phenoxy) is 1. The quantitative estimate of drug-likeness (QED) is 0.760. The first-order valence-corrected chi connectivity index (χ1v) is 6.19. The zero-order valence-electron chi connectivity index (χ0n) is 10.7. The van der Waals surface area contributed by atoms with Crippen LogP contribution in [0.4, 0.5) is 5.69 Å². The van der Waals surface area contributed by atoms with Crippen molar-refractivity contribution in [2.24, 2.45) is 11.1 Å². The summed E-state index contributed by atoms with van der Waals surface area (Å²) in [6.45, 7) is 2.97. The van der Waals surface area contributed by atoms with Crippen LogP contribution in [0.25, 0.3) is 11.0 Å². The van der Waals surface area contributed by atoms with Gasteiger partial charge in [0.1, 0.15) is 11.2 Å². The van der Waals surface area contributed by atoms with Crippen LogP contribution < -0.4 is 11.1 Å². The molecule has 19 heavy (non-hydrogen) atoms. The Hall–Kier alpha value is -1.92. The normalized spacial score (nSPS) is 17.2. The molecule has 0 unspecified atom stereocenters. The fourth-order valence-corrected chi connectivity index (χ4v) is 2.17. The van der Waals surface area contributed by atoms with Crippen molar-refractivity contribution in [1.82, 2.24) is 9.97 Å². The number of aromatic nitrogens is 2. The van der Waals surface area contributed by atoms with Crippen LogP contribution in [0.3, 0.4) is 0 Å². The monoisotopic (exact) mass is 260 g/mol. The minimum atomic E-state index is -0.571. The standard InChI is InChI=1S/C13H16N4O2/c1-8-15-10-3-2-9(4-11(10)16-8)17-12(18)13(5-14)6-19-7-13/h2-4H,5-7,14H2,1H3,(H,15,16)(H,17,18). The fourth-order valence-electron chi connectivity index (χ4n) is 2.17. The lowest BCUT2D eigenvalue weighted by Gasteiger charge is -2.38. The average molecular weight is 260 g/mol. The van der Waals surface area contributed by atoms with Gasteiger partial charge in [-0.25, -0.2) is 4.98 Å². The van der Waals surface area contributed by atoms with Crippen LogP contribution in [0.5, 0.6) is 0 Å². The predicted molar refractivity (Wildman–Crippen MR) is 71.8 cm³/mol. The van der Waals surface area contributed by atoms with Crippen LogP contribution in [0, 0.1) is 12.3 Å². The summed E-state index contributed by atoms with van der Waals surface area (Å²) in [5.41, 5.74) is 7.62. The zero-order chi connectivity index (χ0) is 13.5. The van der Waals surface area contributed by atoms with Crippen molar-refractivity contribution in [3.05, 3.63) is 24.0 Å². The molecule has 1 amide bonds. The maximum atomic E-state index is 12.2. The van der Waals surface area contributed by atoms with Crippen LogP contribution >= 0.6 is 0 Å². The van der Waals surface area contributed by atoms with E-state index in [4.69, 9.17) is 10.5 Å². The molecule has 6 heteroatoms. The molecular weight excluding hydrogens is 244 g/mol. The van der Waals surface area contributed by atoms with Gasteiger partial charge in [0, 0.05) is 12.2 Å². The number of hydrogen-bond donors (Lipinski definition) is 3. The molecule has 4 N–H and O–H groups in total. The fraction of sp³-hybridized carbons (Fsp3) is 0.385. The number of anilines is 1. The Morgan fingerprint density at radius 2 is 2.37 bits per heavy atom. The number of aryl methyl sites for hydroxylation is 1. The highest BCUT2D eigenvalue weighted by atomic mass is 16.5. The van der Waals surface area contributed by atoms with E-state index in [1.807, 2.05) is 25.1 Å². The van der Waals surface area contributed by atoms with Gasteiger partial charge in [-0.15, -0.1) is 0 Å². The largest absolute Gasteiger partial charge is 0.379 e. The van der Waals surface area contributed by atoms with Crippen molar-refractivity contribution in [3.63, 3.8) is 0 Å². The number of aromatic amines is 1. The number of carbonyl (C=O) groups excluding carboxylic acids is 1. The van der Waals surface area contributed by atoms with Crippen molar-refractivity contribution in [1.29, 1.82) is 0 Å². The van der Waals surface area contributed by atoms with E-state index >= 15 is 0 Å². The van der Waals surface area contributed by atoms with Gasteiger partial charge in [-0.2, -0.15) is 0 Å². The van der Waals surface area contributed by atoms with Gasteiger partial charge in [0.25, 0.3) is 0 Å². The summed E-state index contributed by atoms with van der Waals surface area (Å²) >= 11 is 0. The van der Waals surface area contributed by atoms with Crippen molar-refractivity contribution < 1.29 is 9.53 Å². The Morgan fingerprint density at radius 1 is 1.58 bits per heavy atom. The molecule has 1 saturated heterocycles. The molecule has 1 aromatic heterocycles. The first kappa shape index (κ1) is 12.1. The zero-order valence-corrected chi connectivity index (χ0v) is 10.7. The number of nitrogens with two attached hydrogens (primary N) is 1. The molecule has 1 aliphatic rings. The van der Waals surface area contributed by atoms with E-state index in [1.165, 1.54) is 0 Å². The van der Waals surface area contributed by atoms with Gasteiger partial charge in [0.05, 0.1) is 24.2 Å². The van der Waals surface area contributed by atoms with Gasteiger partial charge in [0.15, 0.2) is 0 Å². The molecule has 0 saturated carbocycles. The summed E-state index contributed by atoms with van der Waals surface area (Å²) in [5.74, 6) is 0.765. The number of fused-ring (bicyclic) bond motifs is 1. The average Bonchev–Trinajstić information content (AvgIpc) is 2.67. The number of H-pyrrole nitrogens is 1. The van der Waals surface area contributed by atoms with E-state index in [0.717, 1.165) is 22.5 Å². The molecule has 0 aliphatic carbocycles. The molecule has 1 aromatic carbocycles. The first-order valence-electron chi connectivity index (χ1n) is 6.19. The summed E-state index contributed by atoms with van der Waals surface area (Å²) in [5, 5.41) is 2.89. The second-order valence-electron chi connectivity index (χ2n) is 4.99. The van der Waals surface area contributed by atoms with Crippen LogP contribution in [0.15, 0.2) is 18.2 Å². The lowest BCUT2D eigenvalue weighted by molar-refractivity contribution is -0.153. The third kappa shape index (κ3) is 1.98. The van der Waals surface area contributed by atoms with Gasteiger partial charge in [-0.1, -0.05) is 0 Å². The number of rotatable bonds is 3. The molecule has 0 radical (unpaired) electrons. The Kier molecular flexibility index (Phi) is 2.76. The van der Waals surface area contributed by atoms with Gasteiger partial charge < -0.3 is 20.8 Å². The molecule has 3 rings (SSSR count). The minimum absolute atomic E-state index is 0.0863. The second-order valence-corrected chi connectivity index (χ2v) is 4.99. The molecule has 0 spiro atoms. The van der Waals surface area contributed by atoms with Crippen LogP contribution in [0.2, 0.25) is 0 Å². The summed E-state index contributed by atoms with van der Waals surface area (Å²) in [7, 11) is 0. The van der Waals surface area contributed by atoms with E-state index in [1.54, 1.807) is 0 Å². The molecule has 2 aromatic rings. The van der Waals surface area contributed by atoms with E-state index in [2.05, 4.69) is 15.3 Å². The summed E-state index contributed by atoms with van der Waals surface area (Å²) in [6.07, 6.45) is 0. The first-order chi connectivity index (χ1) is 9.13. The van der Waals surface area contributed by atoms with E-state index < -0.39 is 5.41 Å². The number of nitrogens with zero attached hydrogens (tertiary/aromatic N) is 1. The number of amides is 1. The van der Waals surface area contributed by atoms with Gasteiger partial charge in [-0.3, -0.25) is 4.79 Å². The number of benzene rings is 1. The second kappa shape index (κ2) is 4.32. The minimum Gasteiger partial charge on any atom is -0.379 e. The third-order valence-corrected chi connectivity index (χ3v) is 3.49. The lowest BCUT2D eigenvalue weighted by atomic mass is 9.85. The number of nitrogens with one attached hydrogen (secondary N) is 2. The summed E-state index contributed by atoms with van der Waals surface area (Å²) < 4.78 is 5.10. The molecular formula is C13H16N4O2. The topological polar surface area (TPSA) is 93.0 Å². The van der Waals surface area contributed by atoms with Crippen molar-refractivity contribution in [2.45, 2.75) is 6.92 Å². The maximum Gasteiger partial charge on any atom is 0.236 e. The Morgan fingerprint density at radius 3 is 3.00 bits per heavy atom. The molecule has 0 atom stereocenters. The third-order valence-electron chi connectivity index (χ3n) is 3.49. The van der Waals surface area contributed by atoms with Crippen molar-refractivity contribution in [2.75, 3.05) is 25.1 Å². The smallest absolute Gasteiger partial charge is 0.236 e. The molecule has 0 bridgehead atoms. The van der Waals surface area contributed by atoms with Crippen LogP contribution in [0.1, 0.15) is 5.82 Å². The van der Waals surface area contributed by atoms with Crippen molar-refractivity contribution in [3.8, 4) is 0 Å². The SMILES string of the molecule is Cc1nc2ccc(NC(=O)C3(CN)COC3)cc2[nH]1. The van der Waals surface area contributed by atoms with Crippen molar-refractivity contribution >= 4 is 22.6 Å². The molecule has 1 aliphatic heterocycles. The molecule has 1 fully saturated rings. The Balaban J connectivity index is 1.82. The number of hydrogen-bond acceptors (Lipinski definition) is 4. The number of carbonyl (C=O) groups is 1.